The van der Waals surface area contributed by atoms with Crippen LogP contribution in [0.15, 0.2) is 29.2 Å². The van der Waals surface area contributed by atoms with Gasteiger partial charge in [0.05, 0.1) is 16.2 Å². The molecule has 20 heavy (non-hydrogen) atoms. The minimum atomic E-state index is -3.38. The van der Waals surface area contributed by atoms with E-state index in [9.17, 15) is 13.2 Å². The first-order valence-electron chi connectivity index (χ1n) is 6.11. The molecule has 1 rings (SSSR count). The number of thioether (sulfide) groups is 1. The lowest BCUT2D eigenvalue weighted by atomic mass is 10.2. The highest BCUT2D eigenvalue weighted by Gasteiger charge is 2.15. The molecule has 0 fully saturated rings. The largest absolute Gasteiger partial charge is 0.478 e. The fourth-order valence-corrected chi connectivity index (χ4v) is 4.24. The van der Waals surface area contributed by atoms with Crippen molar-refractivity contribution in [2.24, 2.45) is 5.92 Å². The summed E-state index contributed by atoms with van der Waals surface area (Å²) in [5, 5.41) is 17.6. The second-order valence-corrected chi connectivity index (χ2v) is 7.77. The van der Waals surface area contributed by atoms with Crippen molar-refractivity contribution in [3.63, 3.8) is 0 Å². The third-order valence-corrected chi connectivity index (χ3v) is 5.96. The molecule has 1 atom stereocenters. The summed E-state index contributed by atoms with van der Waals surface area (Å²) in [6, 6.07) is 5.21. The number of benzene rings is 1. The van der Waals surface area contributed by atoms with Gasteiger partial charge in [-0.25, -0.2) is 13.2 Å². The van der Waals surface area contributed by atoms with Gasteiger partial charge in [-0.05, 0) is 35.9 Å². The van der Waals surface area contributed by atoms with E-state index in [0.29, 0.717) is 11.5 Å². The number of carboxylic acids is 1. The third kappa shape index (κ3) is 5.15. The Morgan fingerprint density at radius 2 is 1.90 bits per heavy atom. The van der Waals surface area contributed by atoms with Crippen LogP contribution in [-0.4, -0.2) is 48.5 Å². The Bertz CT molecular complexity index is 536. The standard InChI is InChI=1S/C13H18O5S2/c1-10(8-14)9-19-6-7-20(17,18)12-4-2-11(3-5-12)13(15)16/h2-5,10,14H,6-9H2,1H3,(H,15,16). The van der Waals surface area contributed by atoms with E-state index in [2.05, 4.69) is 0 Å². The molecule has 0 spiro atoms. The first kappa shape index (κ1) is 17.0. The number of aromatic carboxylic acids is 1. The van der Waals surface area contributed by atoms with E-state index < -0.39 is 15.8 Å². The van der Waals surface area contributed by atoms with Crippen LogP contribution in [0.3, 0.4) is 0 Å². The van der Waals surface area contributed by atoms with Gasteiger partial charge in [0.1, 0.15) is 0 Å². The van der Waals surface area contributed by atoms with Gasteiger partial charge in [0.2, 0.25) is 0 Å². The Balaban J connectivity index is 2.58. The topological polar surface area (TPSA) is 91.7 Å². The van der Waals surface area contributed by atoms with Crippen molar-refractivity contribution < 1.29 is 23.4 Å². The van der Waals surface area contributed by atoms with Gasteiger partial charge in [0.15, 0.2) is 9.84 Å². The van der Waals surface area contributed by atoms with Crippen molar-refractivity contribution >= 4 is 27.6 Å². The number of sulfone groups is 1. The molecule has 0 bridgehead atoms. The SMILES string of the molecule is CC(CO)CSCCS(=O)(=O)c1ccc(C(=O)O)cc1. The van der Waals surface area contributed by atoms with Gasteiger partial charge in [0.25, 0.3) is 0 Å². The maximum Gasteiger partial charge on any atom is 0.335 e. The Hall–Kier alpha value is -1.05. The highest BCUT2D eigenvalue weighted by atomic mass is 32.2. The Morgan fingerprint density at radius 1 is 1.30 bits per heavy atom. The van der Waals surface area contributed by atoms with Crippen molar-refractivity contribution in [1.82, 2.24) is 0 Å². The molecule has 0 aromatic heterocycles. The molecule has 0 aliphatic rings. The number of hydrogen-bond acceptors (Lipinski definition) is 5. The first-order valence-corrected chi connectivity index (χ1v) is 8.92. The smallest absolute Gasteiger partial charge is 0.335 e. The lowest BCUT2D eigenvalue weighted by molar-refractivity contribution is 0.0696. The zero-order valence-electron chi connectivity index (χ0n) is 11.2. The lowest BCUT2D eigenvalue weighted by Crippen LogP contribution is -2.11. The van der Waals surface area contributed by atoms with E-state index in [1.165, 1.54) is 36.0 Å². The molecule has 1 aromatic rings. The predicted molar refractivity (Wildman–Crippen MR) is 79.0 cm³/mol. The van der Waals surface area contributed by atoms with Gasteiger partial charge in [0, 0.05) is 12.4 Å². The van der Waals surface area contributed by atoms with Crippen LogP contribution in [0.1, 0.15) is 17.3 Å². The lowest BCUT2D eigenvalue weighted by Gasteiger charge is -2.08. The van der Waals surface area contributed by atoms with E-state index in [4.69, 9.17) is 10.2 Å². The van der Waals surface area contributed by atoms with E-state index in [0.717, 1.165) is 0 Å². The van der Waals surface area contributed by atoms with Crippen LogP contribution in [0.5, 0.6) is 0 Å². The molecule has 112 valence electrons. The van der Waals surface area contributed by atoms with Crippen LogP contribution in [0, 0.1) is 5.92 Å². The van der Waals surface area contributed by atoms with Gasteiger partial charge in [-0.3, -0.25) is 0 Å². The summed E-state index contributed by atoms with van der Waals surface area (Å²) in [6.07, 6.45) is 0. The van der Waals surface area contributed by atoms with Crippen LogP contribution in [0.25, 0.3) is 0 Å². The van der Waals surface area contributed by atoms with Gasteiger partial charge in [-0.2, -0.15) is 11.8 Å². The molecule has 1 aromatic carbocycles. The van der Waals surface area contributed by atoms with Gasteiger partial charge >= 0.3 is 5.97 Å². The van der Waals surface area contributed by atoms with Crippen LogP contribution in [-0.2, 0) is 9.84 Å². The molecule has 1 unspecified atom stereocenters. The minimum absolute atomic E-state index is 0.00222. The summed E-state index contributed by atoms with van der Waals surface area (Å²) in [4.78, 5) is 10.8. The molecule has 5 nitrogen and oxygen atoms in total. The van der Waals surface area contributed by atoms with E-state index in [1.807, 2.05) is 6.92 Å². The number of carboxylic acid groups (broad SMARTS) is 1. The molecule has 0 aliphatic heterocycles. The van der Waals surface area contributed by atoms with Crippen molar-refractivity contribution in [1.29, 1.82) is 0 Å². The van der Waals surface area contributed by atoms with Crippen LogP contribution in [0.2, 0.25) is 0 Å². The number of carbonyl (C=O) groups is 1. The van der Waals surface area contributed by atoms with Crippen LogP contribution in [0.4, 0.5) is 0 Å². The summed E-state index contributed by atoms with van der Waals surface area (Å²) < 4.78 is 24.0. The summed E-state index contributed by atoms with van der Waals surface area (Å²) >= 11 is 1.48. The molecule has 0 radical (unpaired) electrons. The summed E-state index contributed by atoms with van der Waals surface area (Å²) in [7, 11) is -3.38. The van der Waals surface area contributed by atoms with E-state index in [1.54, 1.807) is 0 Å². The minimum Gasteiger partial charge on any atom is -0.478 e. The molecular weight excluding hydrogens is 300 g/mol. The predicted octanol–water partition coefficient (Wildman–Crippen LogP) is 1.52. The number of aliphatic hydroxyl groups excluding tert-OH is 1. The van der Waals surface area contributed by atoms with Crippen molar-refractivity contribution in [2.75, 3.05) is 23.9 Å². The molecule has 0 heterocycles. The second-order valence-electron chi connectivity index (χ2n) is 4.51. The maximum absolute atomic E-state index is 12.0. The first-order chi connectivity index (χ1) is 9.36. The Morgan fingerprint density at radius 3 is 2.40 bits per heavy atom. The highest BCUT2D eigenvalue weighted by Crippen LogP contribution is 2.15. The average molecular weight is 318 g/mol. The average Bonchev–Trinajstić information content (AvgIpc) is 2.43. The van der Waals surface area contributed by atoms with Crippen LogP contribution < -0.4 is 0 Å². The molecule has 0 aliphatic carbocycles. The van der Waals surface area contributed by atoms with Gasteiger partial charge in [-0.15, -0.1) is 0 Å². The van der Waals surface area contributed by atoms with Crippen molar-refractivity contribution in [3.05, 3.63) is 29.8 Å². The number of rotatable bonds is 8. The van der Waals surface area contributed by atoms with Crippen molar-refractivity contribution in [3.8, 4) is 0 Å². The molecule has 7 heteroatoms. The summed E-state index contributed by atoms with van der Waals surface area (Å²) in [5.74, 6) is 0.236. The molecular formula is C13H18O5S2. The zero-order valence-corrected chi connectivity index (χ0v) is 12.8. The maximum atomic E-state index is 12.0. The normalized spacial score (nSPS) is 13.1. The highest BCUT2D eigenvalue weighted by molar-refractivity contribution is 8.00. The Labute approximate surface area is 122 Å². The van der Waals surface area contributed by atoms with Crippen molar-refractivity contribution in [2.45, 2.75) is 11.8 Å². The fourth-order valence-electron chi connectivity index (χ4n) is 1.43. The Kier molecular flexibility index (Phi) is 6.51. The third-order valence-electron chi connectivity index (χ3n) is 2.67. The van der Waals surface area contributed by atoms with E-state index in [-0.39, 0.29) is 28.7 Å². The molecule has 2 N–H and O–H groups in total. The molecule has 0 saturated carbocycles. The van der Waals surface area contributed by atoms with Crippen LogP contribution >= 0.6 is 11.8 Å². The quantitative estimate of drug-likeness (QED) is 0.706. The number of aliphatic hydroxyl groups is 1. The monoisotopic (exact) mass is 318 g/mol. The summed E-state index contributed by atoms with van der Waals surface area (Å²) in [6.45, 7) is 1.99. The molecule has 0 saturated heterocycles. The molecule has 0 amide bonds. The van der Waals surface area contributed by atoms with Gasteiger partial charge in [-0.1, -0.05) is 6.92 Å². The zero-order chi connectivity index (χ0) is 15.2. The fraction of sp³-hybridized carbons (Fsp3) is 0.462. The van der Waals surface area contributed by atoms with E-state index >= 15 is 0 Å². The van der Waals surface area contributed by atoms with Gasteiger partial charge < -0.3 is 10.2 Å². The summed E-state index contributed by atoms with van der Waals surface area (Å²) in [5.41, 5.74) is 0.0649. The number of hydrogen-bond donors (Lipinski definition) is 2. The second kappa shape index (κ2) is 7.66.